The highest BCUT2D eigenvalue weighted by atomic mass is 127. The lowest BCUT2D eigenvalue weighted by molar-refractivity contribution is -0.0498. The van der Waals surface area contributed by atoms with Crippen LogP contribution in [-0.4, -0.2) is 38.1 Å². The second kappa shape index (κ2) is 10.6. The summed E-state index contributed by atoms with van der Waals surface area (Å²) in [7, 11) is 3.66. The van der Waals surface area contributed by atoms with Crippen molar-refractivity contribution in [3.05, 3.63) is 29.8 Å². The molecule has 0 radical (unpaired) electrons. The Bertz CT molecular complexity index is 453. The minimum atomic E-state index is -2.79. The second-order valence-electron chi connectivity index (χ2n) is 5.20. The van der Waals surface area contributed by atoms with Crippen LogP contribution in [0.1, 0.15) is 19.4 Å². The van der Waals surface area contributed by atoms with Gasteiger partial charge in [-0.2, -0.15) is 8.78 Å². The molecule has 0 aliphatic heterocycles. The SMILES string of the molecule is CN=C(NCC(C)C)N(C)Cc1ccc(OC(F)F)cc1.I. The fourth-order valence-corrected chi connectivity index (χ4v) is 1.81. The van der Waals surface area contributed by atoms with Gasteiger partial charge in [-0.05, 0) is 23.6 Å². The Morgan fingerprint density at radius 2 is 1.86 bits per heavy atom. The molecule has 0 spiro atoms. The lowest BCUT2D eigenvalue weighted by Crippen LogP contribution is -2.40. The molecule has 1 aromatic carbocycles. The Kier molecular flexibility index (Phi) is 10.0. The van der Waals surface area contributed by atoms with E-state index >= 15 is 0 Å². The topological polar surface area (TPSA) is 36.9 Å². The van der Waals surface area contributed by atoms with E-state index in [1.807, 2.05) is 11.9 Å². The molecule has 0 saturated heterocycles. The van der Waals surface area contributed by atoms with Crippen LogP contribution in [-0.2, 0) is 6.54 Å². The summed E-state index contributed by atoms with van der Waals surface area (Å²) in [6.45, 7) is 2.94. The van der Waals surface area contributed by atoms with Crippen LogP contribution in [0.5, 0.6) is 5.75 Å². The van der Waals surface area contributed by atoms with Gasteiger partial charge in [0.05, 0.1) is 0 Å². The normalized spacial score (nSPS) is 11.4. The molecule has 0 heterocycles. The summed E-state index contributed by atoms with van der Waals surface area (Å²) in [5.41, 5.74) is 0.992. The number of hydrogen-bond acceptors (Lipinski definition) is 2. The molecule has 0 unspecified atom stereocenters. The fourth-order valence-electron chi connectivity index (χ4n) is 1.81. The Balaban J connectivity index is 0.00000441. The average Bonchev–Trinajstić information content (AvgIpc) is 2.40. The molecule has 1 aromatic rings. The third-order valence-electron chi connectivity index (χ3n) is 2.81. The van der Waals surface area contributed by atoms with Gasteiger partial charge in [-0.15, -0.1) is 24.0 Å². The van der Waals surface area contributed by atoms with Gasteiger partial charge in [0.2, 0.25) is 0 Å². The van der Waals surface area contributed by atoms with Crippen LogP contribution in [0, 0.1) is 5.92 Å². The lowest BCUT2D eigenvalue weighted by atomic mass is 10.2. The minimum absolute atomic E-state index is 0. The van der Waals surface area contributed by atoms with Gasteiger partial charge in [0.1, 0.15) is 5.75 Å². The molecule has 126 valence electrons. The molecule has 0 aliphatic rings. The molecule has 0 saturated carbocycles. The highest BCUT2D eigenvalue weighted by molar-refractivity contribution is 14.0. The smallest absolute Gasteiger partial charge is 0.387 e. The molecular formula is C15H24F2IN3O. The Morgan fingerprint density at radius 1 is 1.27 bits per heavy atom. The molecular weight excluding hydrogens is 403 g/mol. The van der Waals surface area contributed by atoms with Crippen molar-refractivity contribution in [2.75, 3.05) is 20.6 Å². The van der Waals surface area contributed by atoms with Gasteiger partial charge in [0.25, 0.3) is 0 Å². The predicted octanol–water partition coefficient (Wildman–Crippen LogP) is 3.57. The molecule has 0 fully saturated rings. The number of ether oxygens (including phenoxy) is 1. The van der Waals surface area contributed by atoms with Crippen LogP contribution in [0.15, 0.2) is 29.3 Å². The Labute approximate surface area is 148 Å². The van der Waals surface area contributed by atoms with Crippen LogP contribution >= 0.6 is 24.0 Å². The fraction of sp³-hybridized carbons (Fsp3) is 0.533. The predicted molar refractivity (Wildman–Crippen MR) is 96.2 cm³/mol. The average molecular weight is 427 g/mol. The summed E-state index contributed by atoms with van der Waals surface area (Å²) in [5.74, 6) is 1.50. The molecule has 1 rings (SSSR count). The summed E-state index contributed by atoms with van der Waals surface area (Å²) in [5, 5.41) is 3.28. The number of halogens is 3. The van der Waals surface area contributed by atoms with Gasteiger partial charge >= 0.3 is 6.61 Å². The summed E-state index contributed by atoms with van der Waals surface area (Å²) < 4.78 is 28.5. The van der Waals surface area contributed by atoms with Crippen molar-refractivity contribution >= 4 is 29.9 Å². The van der Waals surface area contributed by atoms with E-state index in [0.717, 1.165) is 18.1 Å². The number of alkyl halides is 2. The van der Waals surface area contributed by atoms with Crippen molar-refractivity contribution in [1.82, 2.24) is 10.2 Å². The van der Waals surface area contributed by atoms with Gasteiger partial charge in [0.15, 0.2) is 5.96 Å². The monoisotopic (exact) mass is 427 g/mol. The van der Waals surface area contributed by atoms with Crippen molar-refractivity contribution in [2.24, 2.45) is 10.9 Å². The van der Waals surface area contributed by atoms with Gasteiger partial charge in [-0.3, -0.25) is 4.99 Å². The number of hydrogen-bond donors (Lipinski definition) is 1. The number of nitrogens with one attached hydrogen (secondary N) is 1. The molecule has 0 aliphatic carbocycles. The van der Waals surface area contributed by atoms with Crippen LogP contribution in [0.3, 0.4) is 0 Å². The van der Waals surface area contributed by atoms with Crippen molar-refractivity contribution in [2.45, 2.75) is 27.0 Å². The summed E-state index contributed by atoms with van der Waals surface area (Å²) in [6, 6.07) is 6.62. The Hall–Kier alpha value is -1.12. The highest BCUT2D eigenvalue weighted by Crippen LogP contribution is 2.15. The molecule has 0 atom stereocenters. The second-order valence-corrected chi connectivity index (χ2v) is 5.20. The van der Waals surface area contributed by atoms with E-state index in [2.05, 4.69) is 28.9 Å². The molecule has 0 aromatic heterocycles. The number of aliphatic imine (C=N–C) groups is 1. The standard InChI is InChI=1S/C15H23F2N3O.HI/c1-11(2)9-19-15(18-3)20(4)10-12-5-7-13(8-6-12)21-14(16)17;/h5-8,11,14H,9-10H2,1-4H3,(H,18,19);1H. The van der Waals surface area contributed by atoms with Crippen molar-refractivity contribution < 1.29 is 13.5 Å². The third kappa shape index (κ3) is 7.77. The maximum Gasteiger partial charge on any atom is 0.387 e. The van der Waals surface area contributed by atoms with Crippen LogP contribution in [0.2, 0.25) is 0 Å². The largest absolute Gasteiger partial charge is 0.435 e. The van der Waals surface area contributed by atoms with Gasteiger partial charge in [0, 0.05) is 27.2 Å². The van der Waals surface area contributed by atoms with Crippen molar-refractivity contribution in [1.29, 1.82) is 0 Å². The molecule has 4 nitrogen and oxygen atoms in total. The van der Waals surface area contributed by atoms with E-state index < -0.39 is 6.61 Å². The quantitative estimate of drug-likeness (QED) is 0.429. The molecule has 1 N–H and O–H groups in total. The lowest BCUT2D eigenvalue weighted by Gasteiger charge is -2.23. The minimum Gasteiger partial charge on any atom is -0.435 e. The number of rotatable bonds is 6. The first-order chi connectivity index (χ1) is 9.92. The highest BCUT2D eigenvalue weighted by Gasteiger charge is 2.08. The van der Waals surface area contributed by atoms with Crippen LogP contribution in [0.4, 0.5) is 8.78 Å². The van der Waals surface area contributed by atoms with E-state index in [9.17, 15) is 8.78 Å². The summed E-state index contributed by atoms with van der Waals surface area (Å²) >= 11 is 0. The van der Waals surface area contributed by atoms with E-state index in [4.69, 9.17) is 0 Å². The number of guanidine groups is 1. The van der Waals surface area contributed by atoms with Crippen LogP contribution in [0.25, 0.3) is 0 Å². The number of benzene rings is 1. The first-order valence-corrected chi connectivity index (χ1v) is 6.88. The molecule has 0 amide bonds. The van der Waals surface area contributed by atoms with Crippen LogP contribution < -0.4 is 10.1 Å². The third-order valence-corrected chi connectivity index (χ3v) is 2.81. The maximum atomic E-state index is 12.1. The van der Waals surface area contributed by atoms with Gasteiger partial charge in [-0.1, -0.05) is 26.0 Å². The van der Waals surface area contributed by atoms with Crippen molar-refractivity contribution in [3.63, 3.8) is 0 Å². The van der Waals surface area contributed by atoms with Gasteiger partial charge in [-0.25, -0.2) is 0 Å². The number of nitrogens with zero attached hydrogens (tertiary/aromatic N) is 2. The summed E-state index contributed by atoms with van der Waals surface area (Å²) in [4.78, 5) is 6.20. The van der Waals surface area contributed by atoms with E-state index in [-0.39, 0.29) is 29.7 Å². The zero-order chi connectivity index (χ0) is 15.8. The zero-order valence-corrected chi connectivity index (χ0v) is 15.7. The molecule has 0 bridgehead atoms. The van der Waals surface area contributed by atoms with E-state index in [1.165, 1.54) is 0 Å². The first-order valence-electron chi connectivity index (χ1n) is 6.88. The molecule has 22 heavy (non-hydrogen) atoms. The van der Waals surface area contributed by atoms with Gasteiger partial charge < -0.3 is 15.0 Å². The molecule has 7 heteroatoms. The van der Waals surface area contributed by atoms with E-state index in [1.54, 1.807) is 31.3 Å². The first kappa shape index (κ1) is 20.9. The van der Waals surface area contributed by atoms with E-state index in [0.29, 0.717) is 12.5 Å². The zero-order valence-electron chi connectivity index (χ0n) is 13.3. The summed E-state index contributed by atoms with van der Waals surface area (Å²) in [6.07, 6.45) is 0. The Morgan fingerprint density at radius 3 is 2.32 bits per heavy atom. The van der Waals surface area contributed by atoms with Crippen molar-refractivity contribution in [3.8, 4) is 5.75 Å². The maximum absolute atomic E-state index is 12.1.